The number of allylic oxidation sites excluding steroid dienone is 1. The Kier molecular flexibility index (Phi) is 4.45. The Hall–Kier alpha value is -2.75. The number of aromatic nitrogens is 1. The molecule has 4 nitrogen and oxygen atoms in total. The summed E-state index contributed by atoms with van der Waals surface area (Å²) >= 11 is 0. The lowest BCUT2D eigenvalue weighted by Gasteiger charge is -2.38. The number of alkyl halides is 3. The van der Waals surface area contributed by atoms with Gasteiger partial charge in [-0.25, -0.2) is 0 Å². The van der Waals surface area contributed by atoms with Crippen LogP contribution >= 0.6 is 0 Å². The van der Waals surface area contributed by atoms with E-state index in [1.165, 1.54) is 23.4 Å². The van der Waals surface area contributed by atoms with Gasteiger partial charge in [-0.1, -0.05) is 12.1 Å². The van der Waals surface area contributed by atoms with E-state index >= 15 is 0 Å². The molecule has 1 aromatic carbocycles. The number of rotatable bonds is 3. The van der Waals surface area contributed by atoms with E-state index in [1.807, 2.05) is 25.1 Å². The van der Waals surface area contributed by atoms with Gasteiger partial charge < -0.3 is 9.47 Å². The van der Waals surface area contributed by atoms with Crippen molar-refractivity contribution in [2.45, 2.75) is 57.5 Å². The van der Waals surface area contributed by atoms with Gasteiger partial charge in [0.25, 0.3) is 0 Å². The molecule has 2 atom stereocenters. The largest absolute Gasteiger partial charge is 0.408 e. The van der Waals surface area contributed by atoms with Crippen molar-refractivity contribution >= 4 is 17.1 Å². The third-order valence-electron chi connectivity index (χ3n) is 5.77. The highest BCUT2D eigenvalue weighted by Crippen LogP contribution is 2.44. The zero-order valence-electron chi connectivity index (χ0n) is 15.7. The molecule has 0 N–H and O–H groups in total. The molecule has 2 aromatic rings. The fourth-order valence-electron chi connectivity index (χ4n) is 4.00. The van der Waals surface area contributed by atoms with Crippen molar-refractivity contribution in [1.29, 1.82) is 5.26 Å². The molecule has 146 valence electrons. The van der Waals surface area contributed by atoms with Crippen molar-refractivity contribution in [3.63, 3.8) is 0 Å². The third kappa shape index (κ3) is 2.88. The highest BCUT2D eigenvalue weighted by molar-refractivity contribution is 5.89. The second kappa shape index (κ2) is 6.69. The van der Waals surface area contributed by atoms with Crippen LogP contribution in [0.3, 0.4) is 0 Å². The molecule has 0 amide bonds. The summed E-state index contributed by atoms with van der Waals surface area (Å²) in [5.41, 5.74) is 2.93. The molecule has 2 aliphatic rings. The van der Waals surface area contributed by atoms with E-state index < -0.39 is 18.4 Å². The Morgan fingerprint density at radius 2 is 2.04 bits per heavy atom. The highest BCUT2D eigenvalue weighted by Gasteiger charge is 2.44. The lowest BCUT2D eigenvalue weighted by Crippen LogP contribution is -2.43. The molecule has 2 heterocycles. The number of nitrogens with zero attached hydrogens (tertiary/aromatic N) is 4. The zero-order valence-corrected chi connectivity index (χ0v) is 15.7. The molecule has 1 aromatic heterocycles. The lowest BCUT2D eigenvalue weighted by molar-refractivity contribution is -0.177. The van der Waals surface area contributed by atoms with Gasteiger partial charge in [0.15, 0.2) is 6.17 Å². The van der Waals surface area contributed by atoms with Crippen molar-refractivity contribution in [3.8, 4) is 6.07 Å². The van der Waals surface area contributed by atoms with Crippen LogP contribution in [0, 0.1) is 18.3 Å². The second-order valence-corrected chi connectivity index (χ2v) is 7.53. The van der Waals surface area contributed by atoms with Gasteiger partial charge in [0, 0.05) is 23.8 Å². The van der Waals surface area contributed by atoms with Crippen LogP contribution in [0.15, 0.2) is 35.5 Å². The number of hydrogen-bond donors (Lipinski definition) is 0. The Labute approximate surface area is 161 Å². The molecule has 1 unspecified atom stereocenters. The number of fused-ring (bicyclic) bond motifs is 1. The monoisotopic (exact) mass is 386 g/mol. The van der Waals surface area contributed by atoms with E-state index in [4.69, 9.17) is 0 Å². The molecule has 1 saturated carbocycles. The maximum absolute atomic E-state index is 13.5. The Bertz CT molecular complexity index is 1010. The standard InChI is InChI=1S/C21H21F3N4/c1-13-7-8-16-17(12-25)19(28(18(16)11-13)15-5-3-6-15)20-26-9-4-10-27(20)14(2)21(22,23)24/h4,7-11,14-15,20H,3,5-6H2,1-2H3/t14-,20?/m1/s1. The fraction of sp³-hybridized carbons (Fsp3) is 0.429. The van der Waals surface area contributed by atoms with Gasteiger partial charge in [-0.3, -0.25) is 4.99 Å². The number of benzene rings is 1. The smallest absolute Gasteiger partial charge is 0.339 e. The molecule has 4 rings (SSSR count). The predicted molar refractivity (Wildman–Crippen MR) is 102 cm³/mol. The Morgan fingerprint density at radius 1 is 1.29 bits per heavy atom. The van der Waals surface area contributed by atoms with Crippen molar-refractivity contribution in [2.24, 2.45) is 4.99 Å². The number of nitriles is 1. The Morgan fingerprint density at radius 3 is 2.64 bits per heavy atom. The Balaban J connectivity index is 1.95. The van der Waals surface area contributed by atoms with Crippen molar-refractivity contribution in [3.05, 3.63) is 47.3 Å². The number of aryl methyl sites for hydroxylation is 1. The normalized spacial score (nSPS) is 21.0. The quantitative estimate of drug-likeness (QED) is 0.709. The number of halogens is 3. The molecule has 7 heteroatoms. The van der Waals surface area contributed by atoms with E-state index in [2.05, 4.69) is 15.6 Å². The van der Waals surface area contributed by atoms with Crippen LogP contribution in [-0.2, 0) is 0 Å². The van der Waals surface area contributed by atoms with Crippen molar-refractivity contribution < 1.29 is 13.2 Å². The summed E-state index contributed by atoms with van der Waals surface area (Å²) in [4.78, 5) is 5.59. The van der Waals surface area contributed by atoms with E-state index in [-0.39, 0.29) is 6.04 Å². The van der Waals surface area contributed by atoms with Gasteiger partial charge in [0.1, 0.15) is 12.1 Å². The first kappa shape index (κ1) is 18.6. The number of aliphatic imine (C=N–C) groups is 1. The average Bonchev–Trinajstić information content (AvgIpc) is 2.92. The summed E-state index contributed by atoms with van der Waals surface area (Å²) in [5, 5.41) is 10.7. The first-order chi connectivity index (χ1) is 13.3. The molecule has 1 aliphatic heterocycles. The van der Waals surface area contributed by atoms with Crippen LogP contribution in [-0.4, -0.2) is 27.9 Å². The molecule has 28 heavy (non-hydrogen) atoms. The van der Waals surface area contributed by atoms with E-state index in [0.29, 0.717) is 11.3 Å². The van der Waals surface area contributed by atoms with Crippen LogP contribution in [0.2, 0.25) is 0 Å². The van der Waals surface area contributed by atoms with Crippen LogP contribution in [0.1, 0.15) is 55.2 Å². The molecule has 0 bridgehead atoms. The van der Waals surface area contributed by atoms with E-state index in [1.54, 1.807) is 0 Å². The molecular weight excluding hydrogens is 365 g/mol. The van der Waals surface area contributed by atoms with Crippen molar-refractivity contribution in [1.82, 2.24) is 9.47 Å². The second-order valence-electron chi connectivity index (χ2n) is 7.53. The van der Waals surface area contributed by atoms with E-state index in [9.17, 15) is 18.4 Å². The highest BCUT2D eigenvalue weighted by atomic mass is 19.4. The molecule has 1 fully saturated rings. The summed E-state index contributed by atoms with van der Waals surface area (Å²) in [7, 11) is 0. The fourth-order valence-corrected chi connectivity index (χ4v) is 4.00. The van der Waals surface area contributed by atoms with Gasteiger partial charge in [-0.05, 0) is 50.8 Å². The molecule has 0 saturated heterocycles. The van der Waals surface area contributed by atoms with E-state index in [0.717, 1.165) is 42.7 Å². The minimum Gasteiger partial charge on any atom is -0.339 e. The topological polar surface area (TPSA) is 44.3 Å². The summed E-state index contributed by atoms with van der Waals surface area (Å²) in [6, 6.07) is 6.55. The number of hydrogen-bond acceptors (Lipinski definition) is 3. The summed E-state index contributed by atoms with van der Waals surface area (Å²) in [5.74, 6) is 0. The average molecular weight is 386 g/mol. The van der Waals surface area contributed by atoms with Crippen LogP contribution in [0.5, 0.6) is 0 Å². The summed E-state index contributed by atoms with van der Waals surface area (Å²) < 4.78 is 42.6. The first-order valence-electron chi connectivity index (χ1n) is 9.41. The first-order valence-corrected chi connectivity index (χ1v) is 9.41. The molecule has 0 spiro atoms. The van der Waals surface area contributed by atoms with Crippen LogP contribution in [0.25, 0.3) is 10.9 Å². The van der Waals surface area contributed by atoms with Gasteiger partial charge in [-0.2, -0.15) is 18.4 Å². The minimum absolute atomic E-state index is 0.186. The SMILES string of the molecule is Cc1ccc2c(C#N)c(C3N=CC=CN3[C@H](C)C(F)(F)F)n(C3CCC3)c2c1. The van der Waals surface area contributed by atoms with Gasteiger partial charge in [0.2, 0.25) is 0 Å². The zero-order chi connectivity index (χ0) is 20.1. The maximum Gasteiger partial charge on any atom is 0.408 e. The molecule has 0 radical (unpaired) electrons. The molecule has 1 aliphatic carbocycles. The lowest BCUT2D eigenvalue weighted by atomic mass is 9.92. The van der Waals surface area contributed by atoms with Crippen LogP contribution < -0.4 is 0 Å². The van der Waals surface area contributed by atoms with Gasteiger partial charge in [0.05, 0.1) is 16.8 Å². The van der Waals surface area contributed by atoms with Gasteiger partial charge in [-0.15, -0.1) is 0 Å². The maximum atomic E-state index is 13.5. The third-order valence-corrected chi connectivity index (χ3v) is 5.77. The minimum atomic E-state index is -4.40. The summed E-state index contributed by atoms with van der Waals surface area (Å²) in [6.07, 6.45) is 2.15. The summed E-state index contributed by atoms with van der Waals surface area (Å²) in [6.45, 7) is 3.10. The van der Waals surface area contributed by atoms with Gasteiger partial charge >= 0.3 is 6.18 Å². The van der Waals surface area contributed by atoms with Crippen LogP contribution in [0.4, 0.5) is 13.2 Å². The van der Waals surface area contributed by atoms with Crippen molar-refractivity contribution in [2.75, 3.05) is 0 Å². The predicted octanol–water partition coefficient (Wildman–Crippen LogP) is 5.40. The molecular formula is C21H21F3N4.